The van der Waals surface area contributed by atoms with Crippen LogP contribution >= 0.6 is 11.6 Å². The fourth-order valence-electron chi connectivity index (χ4n) is 2.31. The summed E-state index contributed by atoms with van der Waals surface area (Å²) in [4.78, 5) is 24.2. The summed E-state index contributed by atoms with van der Waals surface area (Å²) in [5.74, 6) is -0.161. The summed E-state index contributed by atoms with van der Waals surface area (Å²) >= 11 is 6.07. The van der Waals surface area contributed by atoms with Crippen molar-refractivity contribution >= 4 is 29.2 Å². The van der Waals surface area contributed by atoms with E-state index in [2.05, 4.69) is 5.32 Å². The molecule has 1 N–H and O–H groups in total. The van der Waals surface area contributed by atoms with Crippen molar-refractivity contribution in [3.8, 4) is 5.75 Å². The number of anilines is 1. The SMILES string of the molecule is CCCCOC(=O)[C@H](C)Oc1ccc(C(=O)Nc2cccc(Cl)c2C)cc1. The first-order valence-corrected chi connectivity index (χ1v) is 9.30. The number of ether oxygens (including phenoxy) is 2. The number of hydrogen-bond donors (Lipinski definition) is 1. The standard InChI is InChI=1S/C21H24ClNO4/c1-4-5-13-26-21(25)15(3)27-17-11-9-16(10-12-17)20(24)23-19-8-6-7-18(22)14(19)2/h6-12,15H,4-5,13H2,1-3H3,(H,23,24)/t15-/m0/s1. The quantitative estimate of drug-likeness (QED) is 0.509. The van der Waals surface area contributed by atoms with E-state index in [0.717, 1.165) is 18.4 Å². The highest BCUT2D eigenvalue weighted by molar-refractivity contribution is 6.31. The average Bonchev–Trinajstić information content (AvgIpc) is 2.66. The molecule has 0 unspecified atom stereocenters. The molecule has 0 radical (unpaired) electrons. The van der Waals surface area contributed by atoms with E-state index in [1.807, 2.05) is 13.8 Å². The highest BCUT2D eigenvalue weighted by atomic mass is 35.5. The average molecular weight is 390 g/mol. The number of nitrogens with one attached hydrogen (secondary N) is 1. The van der Waals surface area contributed by atoms with Gasteiger partial charge in [-0.1, -0.05) is 31.0 Å². The van der Waals surface area contributed by atoms with Crippen LogP contribution in [-0.4, -0.2) is 24.6 Å². The molecule has 0 fully saturated rings. The van der Waals surface area contributed by atoms with Crippen LogP contribution in [0.5, 0.6) is 5.75 Å². The van der Waals surface area contributed by atoms with Crippen LogP contribution in [0.1, 0.15) is 42.6 Å². The van der Waals surface area contributed by atoms with Crippen molar-refractivity contribution in [2.75, 3.05) is 11.9 Å². The van der Waals surface area contributed by atoms with E-state index >= 15 is 0 Å². The Hall–Kier alpha value is -2.53. The maximum atomic E-state index is 12.4. The summed E-state index contributed by atoms with van der Waals surface area (Å²) in [5, 5.41) is 3.43. The molecule has 0 saturated heterocycles. The monoisotopic (exact) mass is 389 g/mol. The highest BCUT2D eigenvalue weighted by Gasteiger charge is 2.16. The lowest BCUT2D eigenvalue weighted by Gasteiger charge is -2.14. The summed E-state index contributed by atoms with van der Waals surface area (Å²) in [5.41, 5.74) is 1.94. The molecular weight excluding hydrogens is 366 g/mol. The predicted octanol–water partition coefficient (Wildman–Crippen LogP) is 5.01. The molecule has 0 spiro atoms. The van der Waals surface area contributed by atoms with Gasteiger partial charge in [0.05, 0.1) is 6.61 Å². The molecule has 0 saturated carbocycles. The molecule has 27 heavy (non-hydrogen) atoms. The van der Waals surface area contributed by atoms with E-state index < -0.39 is 12.1 Å². The zero-order chi connectivity index (χ0) is 19.8. The Bertz CT molecular complexity index is 789. The van der Waals surface area contributed by atoms with Crippen molar-refractivity contribution in [3.05, 3.63) is 58.6 Å². The van der Waals surface area contributed by atoms with Gasteiger partial charge in [-0.15, -0.1) is 0 Å². The summed E-state index contributed by atoms with van der Waals surface area (Å²) < 4.78 is 10.7. The lowest BCUT2D eigenvalue weighted by atomic mass is 10.1. The van der Waals surface area contributed by atoms with Gasteiger partial charge in [0.25, 0.3) is 5.91 Å². The van der Waals surface area contributed by atoms with Gasteiger partial charge in [-0.3, -0.25) is 4.79 Å². The largest absolute Gasteiger partial charge is 0.479 e. The first-order chi connectivity index (χ1) is 12.9. The minimum atomic E-state index is -0.712. The molecule has 2 aromatic rings. The molecule has 5 nitrogen and oxygen atoms in total. The minimum absolute atomic E-state index is 0.251. The van der Waals surface area contributed by atoms with Crippen LogP contribution in [0, 0.1) is 6.92 Å². The number of esters is 1. The summed E-state index contributed by atoms with van der Waals surface area (Å²) in [6.45, 7) is 5.90. The second kappa shape index (κ2) is 9.97. The van der Waals surface area contributed by atoms with Gasteiger partial charge < -0.3 is 14.8 Å². The zero-order valence-electron chi connectivity index (χ0n) is 15.8. The number of carbonyl (C=O) groups excluding carboxylic acids is 2. The normalized spacial score (nSPS) is 11.6. The predicted molar refractivity (Wildman–Crippen MR) is 107 cm³/mol. The molecule has 2 aromatic carbocycles. The first kappa shape index (κ1) is 20.8. The zero-order valence-corrected chi connectivity index (χ0v) is 16.5. The topological polar surface area (TPSA) is 64.6 Å². The van der Waals surface area contributed by atoms with Crippen molar-refractivity contribution in [2.24, 2.45) is 0 Å². The minimum Gasteiger partial charge on any atom is -0.479 e. The van der Waals surface area contributed by atoms with E-state index in [1.165, 1.54) is 0 Å². The molecule has 0 aliphatic heterocycles. The van der Waals surface area contributed by atoms with Gasteiger partial charge in [-0.05, 0) is 62.2 Å². The third kappa shape index (κ3) is 6.00. The molecule has 0 aromatic heterocycles. The van der Waals surface area contributed by atoms with E-state index in [0.29, 0.717) is 28.6 Å². The van der Waals surface area contributed by atoms with Gasteiger partial charge in [-0.25, -0.2) is 4.79 Å². The van der Waals surface area contributed by atoms with Crippen LogP contribution in [0.3, 0.4) is 0 Å². The molecule has 1 amide bonds. The molecule has 0 bridgehead atoms. The van der Waals surface area contributed by atoms with Crippen molar-refractivity contribution < 1.29 is 19.1 Å². The van der Waals surface area contributed by atoms with Crippen molar-refractivity contribution in [3.63, 3.8) is 0 Å². The molecular formula is C21H24ClNO4. The fourth-order valence-corrected chi connectivity index (χ4v) is 2.48. The molecule has 0 aliphatic rings. The lowest BCUT2D eigenvalue weighted by Crippen LogP contribution is -2.26. The van der Waals surface area contributed by atoms with Gasteiger partial charge in [0, 0.05) is 16.3 Å². The lowest BCUT2D eigenvalue weighted by molar-refractivity contribution is -0.151. The van der Waals surface area contributed by atoms with Gasteiger partial charge in [0.1, 0.15) is 5.75 Å². The molecule has 2 rings (SSSR count). The van der Waals surface area contributed by atoms with Crippen molar-refractivity contribution in [2.45, 2.75) is 39.7 Å². The number of amides is 1. The number of hydrogen-bond acceptors (Lipinski definition) is 4. The Morgan fingerprint density at radius 1 is 1.15 bits per heavy atom. The van der Waals surface area contributed by atoms with Crippen molar-refractivity contribution in [1.82, 2.24) is 0 Å². The van der Waals surface area contributed by atoms with Gasteiger partial charge >= 0.3 is 5.97 Å². The summed E-state index contributed by atoms with van der Waals surface area (Å²) in [6, 6.07) is 11.9. The second-order valence-corrected chi connectivity index (χ2v) is 6.58. The Kier molecular flexibility index (Phi) is 7.67. The first-order valence-electron chi connectivity index (χ1n) is 8.92. The maximum Gasteiger partial charge on any atom is 0.347 e. The molecule has 1 atom stereocenters. The van der Waals surface area contributed by atoms with Gasteiger partial charge in [0.15, 0.2) is 6.10 Å². The molecule has 6 heteroatoms. The van der Waals surface area contributed by atoms with Crippen LogP contribution in [0.2, 0.25) is 5.02 Å². The van der Waals surface area contributed by atoms with Gasteiger partial charge in [0.2, 0.25) is 0 Å². The number of carbonyl (C=O) groups is 2. The second-order valence-electron chi connectivity index (χ2n) is 6.17. The van der Waals surface area contributed by atoms with Crippen LogP contribution in [0.25, 0.3) is 0 Å². The van der Waals surface area contributed by atoms with Crippen LogP contribution < -0.4 is 10.1 Å². The Morgan fingerprint density at radius 3 is 2.52 bits per heavy atom. The van der Waals surface area contributed by atoms with Crippen molar-refractivity contribution in [1.29, 1.82) is 0 Å². The Balaban J connectivity index is 1.95. The summed E-state index contributed by atoms with van der Waals surface area (Å²) in [6.07, 6.45) is 1.07. The number of halogens is 1. The van der Waals surface area contributed by atoms with Crippen LogP contribution in [0.15, 0.2) is 42.5 Å². The summed E-state index contributed by atoms with van der Waals surface area (Å²) in [7, 11) is 0. The van der Waals surface area contributed by atoms with Crippen LogP contribution in [-0.2, 0) is 9.53 Å². The Labute approximate surface area is 164 Å². The van der Waals surface area contributed by atoms with E-state index in [-0.39, 0.29) is 5.91 Å². The number of rotatable bonds is 8. The molecule has 144 valence electrons. The third-order valence-corrected chi connectivity index (χ3v) is 4.43. The smallest absolute Gasteiger partial charge is 0.347 e. The fraction of sp³-hybridized carbons (Fsp3) is 0.333. The van der Waals surface area contributed by atoms with Gasteiger partial charge in [-0.2, -0.15) is 0 Å². The maximum absolute atomic E-state index is 12.4. The van der Waals surface area contributed by atoms with E-state index in [1.54, 1.807) is 49.4 Å². The molecule has 0 aliphatic carbocycles. The third-order valence-electron chi connectivity index (χ3n) is 4.02. The Morgan fingerprint density at radius 2 is 1.85 bits per heavy atom. The highest BCUT2D eigenvalue weighted by Crippen LogP contribution is 2.24. The number of benzene rings is 2. The van der Waals surface area contributed by atoms with E-state index in [9.17, 15) is 9.59 Å². The number of unbranched alkanes of at least 4 members (excludes halogenated alkanes) is 1. The van der Waals surface area contributed by atoms with E-state index in [4.69, 9.17) is 21.1 Å². The van der Waals surface area contributed by atoms with Crippen LogP contribution in [0.4, 0.5) is 5.69 Å². The molecule has 0 heterocycles.